The van der Waals surface area contributed by atoms with E-state index in [9.17, 15) is 9.90 Å². The van der Waals surface area contributed by atoms with Crippen molar-refractivity contribution in [3.63, 3.8) is 0 Å². The maximum absolute atomic E-state index is 12.2. The number of aliphatic hydroxyl groups is 1. The number of aromatic amines is 1. The van der Waals surface area contributed by atoms with Crippen LogP contribution in [0.15, 0.2) is 6.33 Å². The highest BCUT2D eigenvalue weighted by Crippen LogP contribution is 2.23. The molecule has 0 radical (unpaired) electrons. The molecule has 0 bridgehead atoms. The van der Waals surface area contributed by atoms with Gasteiger partial charge in [0.1, 0.15) is 5.69 Å². The molecule has 1 aliphatic rings. The van der Waals surface area contributed by atoms with Gasteiger partial charge in [0.05, 0.1) is 18.5 Å². The number of hydrogen-bond acceptors (Lipinski definition) is 4. The van der Waals surface area contributed by atoms with Gasteiger partial charge in [0.15, 0.2) is 0 Å². The van der Waals surface area contributed by atoms with Gasteiger partial charge >= 0.3 is 0 Å². The smallest absolute Gasteiger partial charge is 0.274 e. The van der Waals surface area contributed by atoms with E-state index in [0.29, 0.717) is 31.7 Å². The first kappa shape index (κ1) is 13.0. The highest BCUT2D eigenvalue weighted by Gasteiger charge is 2.39. The monoisotopic (exact) mass is 252 g/mol. The van der Waals surface area contributed by atoms with Crippen molar-refractivity contribution in [2.75, 3.05) is 33.7 Å². The highest BCUT2D eigenvalue weighted by atomic mass is 16.3. The lowest BCUT2D eigenvalue weighted by Gasteiger charge is -2.26. The number of β-amino-alcohol motifs (C(OH)–C–C–N with tert-alkyl or cyclic N) is 1. The number of aromatic nitrogens is 2. The lowest BCUT2D eigenvalue weighted by molar-refractivity contribution is 0.0235. The molecule has 0 spiro atoms. The van der Waals surface area contributed by atoms with Crippen LogP contribution in [0.4, 0.5) is 0 Å². The van der Waals surface area contributed by atoms with Gasteiger partial charge in [-0.3, -0.25) is 4.79 Å². The molecular formula is C12H20N4O2. The zero-order valence-corrected chi connectivity index (χ0v) is 11.1. The van der Waals surface area contributed by atoms with Crippen molar-refractivity contribution >= 4 is 5.91 Å². The normalized spacial score (nSPS) is 23.9. The Morgan fingerprint density at radius 3 is 2.94 bits per heavy atom. The van der Waals surface area contributed by atoms with Crippen LogP contribution in [-0.2, 0) is 0 Å². The summed E-state index contributed by atoms with van der Waals surface area (Å²) in [5.41, 5.74) is 0.413. The third-order valence-electron chi connectivity index (χ3n) is 3.26. The maximum atomic E-state index is 12.2. The molecule has 0 saturated carbocycles. The molecule has 1 amide bonds. The SMILES string of the molecule is Cc1[nH]cnc1C(=O)N1CC[C@](O)(CN(C)C)C1. The fourth-order valence-electron chi connectivity index (χ4n) is 2.47. The van der Waals surface area contributed by atoms with E-state index in [-0.39, 0.29) is 5.91 Å². The second-order valence-electron chi connectivity index (χ2n) is 5.31. The molecule has 1 aromatic rings. The fraction of sp³-hybridized carbons (Fsp3) is 0.667. The average molecular weight is 252 g/mol. The number of likely N-dealkylation sites (N-methyl/N-ethyl adjacent to an activating group) is 1. The molecule has 2 N–H and O–H groups in total. The summed E-state index contributed by atoms with van der Waals surface area (Å²) in [5.74, 6) is -0.108. The van der Waals surface area contributed by atoms with Crippen LogP contribution < -0.4 is 0 Å². The average Bonchev–Trinajstić information content (AvgIpc) is 2.83. The molecule has 1 aliphatic heterocycles. The Labute approximate surface area is 107 Å². The molecule has 18 heavy (non-hydrogen) atoms. The molecular weight excluding hydrogens is 232 g/mol. The summed E-state index contributed by atoms with van der Waals surface area (Å²) in [5, 5.41) is 10.4. The second-order valence-corrected chi connectivity index (χ2v) is 5.31. The Hall–Kier alpha value is -1.40. The number of nitrogens with zero attached hydrogens (tertiary/aromatic N) is 3. The first-order valence-electron chi connectivity index (χ1n) is 6.08. The van der Waals surface area contributed by atoms with Crippen molar-refractivity contribution in [3.8, 4) is 0 Å². The molecule has 0 aliphatic carbocycles. The topological polar surface area (TPSA) is 72.5 Å². The Morgan fingerprint density at radius 1 is 1.67 bits per heavy atom. The second kappa shape index (κ2) is 4.70. The number of aryl methyl sites for hydroxylation is 1. The van der Waals surface area contributed by atoms with Crippen LogP contribution in [0.2, 0.25) is 0 Å². The summed E-state index contributed by atoms with van der Waals surface area (Å²) in [6.45, 7) is 3.34. The minimum Gasteiger partial charge on any atom is -0.387 e. The number of imidazole rings is 1. The van der Waals surface area contributed by atoms with Gasteiger partial charge in [-0.15, -0.1) is 0 Å². The molecule has 1 saturated heterocycles. The zero-order chi connectivity index (χ0) is 13.3. The van der Waals surface area contributed by atoms with E-state index in [1.807, 2.05) is 25.9 Å². The van der Waals surface area contributed by atoms with Crippen LogP contribution in [0.25, 0.3) is 0 Å². The minimum absolute atomic E-state index is 0.108. The number of nitrogens with one attached hydrogen (secondary N) is 1. The molecule has 2 heterocycles. The number of hydrogen-bond donors (Lipinski definition) is 2. The van der Waals surface area contributed by atoms with Crippen LogP contribution in [0, 0.1) is 6.92 Å². The van der Waals surface area contributed by atoms with Gasteiger partial charge in [0.2, 0.25) is 0 Å². The van der Waals surface area contributed by atoms with E-state index in [1.165, 1.54) is 6.33 Å². The number of rotatable bonds is 3. The van der Waals surface area contributed by atoms with Crippen LogP contribution >= 0.6 is 0 Å². The largest absolute Gasteiger partial charge is 0.387 e. The summed E-state index contributed by atoms with van der Waals surface area (Å²) in [4.78, 5) is 22.8. The molecule has 1 atom stereocenters. The first-order chi connectivity index (χ1) is 8.41. The summed E-state index contributed by atoms with van der Waals surface area (Å²) in [6.07, 6.45) is 2.13. The number of likely N-dealkylation sites (tertiary alicyclic amines) is 1. The van der Waals surface area contributed by atoms with Gasteiger partial charge < -0.3 is 19.9 Å². The van der Waals surface area contributed by atoms with Crippen molar-refractivity contribution in [3.05, 3.63) is 17.7 Å². The number of carbonyl (C=O) groups excluding carboxylic acids is 1. The molecule has 1 aromatic heterocycles. The van der Waals surface area contributed by atoms with Crippen molar-refractivity contribution in [1.29, 1.82) is 0 Å². The molecule has 6 heteroatoms. The predicted molar refractivity (Wildman–Crippen MR) is 67.3 cm³/mol. The zero-order valence-electron chi connectivity index (χ0n) is 11.1. The number of carbonyl (C=O) groups is 1. The summed E-state index contributed by atoms with van der Waals surface area (Å²) < 4.78 is 0. The van der Waals surface area contributed by atoms with Crippen molar-refractivity contribution in [1.82, 2.24) is 19.8 Å². The lowest BCUT2D eigenvalue weighted by Crippen LogP contribution is -2.43. The van der Waals surface area contributed by atoms with Gasteiger partial charge in [0.25, 0.3) is 5.91 Å². The fourth-order valence-corrected chi connectivity index (χ4v) is 2.47. The van der Waals surface area contributed by atoms with E-state index >= 15 is 0 Å². The number of H-pyrrole nitrogens is 1. The van der Waals surface area contributed by atoms with E-state index < -0.39 is 5.60 Å². The standard InChI is InChI=1S/C12H20N4O2/c1-9-10(14-8-13-9)11(17)16-5-4-12(18,7-16)6-15(2)3/h8,18H,4-7H2,1-3H3,(H,13,14)/t12-/m0/s1. The van der Waals surface area contributed by atoms with Gasteiger partial charge in [-0.1, -0.05) is 0 Å². The molecule has 100 valence electrons. The van der Waals surface area contributed by atoms with Crippen molar-refractivity contribution < 1.29 is 9.90 Å². The van der Waals surface area contributed by atoms with Crippen LogP contribution in [0.3, 0.4) is 0 Å². The van der Waals surface area contributed by atoms with Crippen LogP contribution in [-0.4, -0.2) is 70.1 Å². The first-order valence-corrected chi connectivity index (χ1v) is 6.08. The minimum atomic E-state index is -0.802. The van der Waals surface area contributed by atoms with Gasteiger partial charge in [-0.2, -0.15) is 0 Å². The van der Waals surface area contributed by atoms with E-state index in [1.54, 1.807) is 4.90 Å². The predicted octanol–water partition coefficient (Wildman–Crippen LogP) is -0.143. The van der Waals surface area contributed by atoms with Crippen LogP contribution in [0.5, 0.6) is 0 Å². The molecule has 2 rings (SSSR count). The van der Waals surface area contributed by atoms with Gasteiger partial charge in [0, 0.05) is 18.8 Å². The third kappa shape index (κ3) is 2.54. The molecule has 0 aromatic carbocycles. The van der Waals surface area contributed by atoms with E-state index in [4.69, 9.17) is 0 Å². The summed E-state index contributed by atoms with van der Waals surface area (Å²) >= 11 is 0. The number of amides is 1. The Morgan fingerprint density at radius 2 is 2.39 bits per heavy atom. The van der Waals surface area contributed by atoms with E-state index in [2.05, 4.69) is 9.97 Å². The third-order valence-corrected chi connectivity index (χ3v) is 3.26. The van der Waals surface area contributed by atoms with Crippen LogP contribution in [0.1, 0.15) is 22.6 Å². The molecule has 6 nitrogen and oxygen atoms in total. The highest BCUT2D eigenvalue weighted by molar-refractivity contribution is 5.93. The van der Waals surface area contributed by atoms with E-state index in [0.717, 1.165) is 5.69 Å². The lowest BCUT2D eigenvalue weighted by atomic mass is 10.0. The maximum Gasteiger partial charge on any atom is 0.274 e. The van der Waals surface area contributed by atoms with Crippen molar-refractivity contribution in [2.24, 2.45) is 0 Å². The quantitative estimate of drug-likeness (QED) is 0.785. The van der Waals surface area contributed by atoms with Gasteiger partial charge in [-0.25, -0.2) is 4.98 Å². The Kier molecular flexibility index (Phi) is 3.41. The van der Waals surface area contributed by atoms with Crippen molar-refractivity contribution in [2.45, 2.75) is 18.9 Å². The molecule has 0 unspecified atom stereocenters. The van der Waals surface area contributed by atoms with Gasteiger partial charge in [-0.05, 0) is 27.4 Å². The Balaban J connectivity index is 2.05. The molecule has 1 fully saturated rings. The summed E-state index contributed by atoms with van der Waals surface area (Å²) in [6, 6.07) is 0. The Bertz CT molecular complexity index is 443. The summed E-state index contributed by atoms with van der Waals surface area (Å²) in [7, 11) is 3.83.